The highest BCUT2D eigenvalue weighted by molar-refractivity contribution is 6.57. The zero-order valence-electron chi connectivity index (χ0n) is 9.55. The number of carbonyl (C=O) groups is 1. The van der Waals surface area contributed by atoms with Crippen LogP contribution in [0.3, 0.4) is 0 Å². The summed E-state index contributed by atoms with van der Waals surface area (Å²) in [7, 11) is 0. The fraction of sp³-hybridized carbons (Fsp3) is 0.400. The van der Waals surface area contributed by atoms with Gasteiger partial charge in [-0.25, -0.2) is 4.79 Å². The SMILES string of the molecule is CC(Cl)(Cl)C(=O)OCCOc1nc(F)c(Cl)cc1Cl. The number of nitrogens with zero attached hydrogens (tertiary/aromatic N) is 1. The van der Waals surface area contributed by atoms with Crippen molar-refractivity contribution >= 4 is 52.4 Å². The number of esters is 1. The topological polar surface area (TPSA) is 48.4 Å². The zero-order valence-corrected chi connectivity index (χ0v) is 12.6. The molecule has 0 fully saturated rings. The lowest BCUT2D eigenvalue weighted by molar-refractivity contribution is -0.144. The molecular formula is C10H8Cl4FNO3. The summed E-state index contributed by atoms with van der Waals surface area (Å²) in [6.07, 6.45) is 0. The van der Waals surface area contributed by atoms with Crippen LogP contribution in [0.1, 0.15) is 6.92 Å². The number of hydrogen-bond donors (Lipinski definition) is 0. The second kappa shape index (κ2) is 6.79. The summed E-state index contributed by atoms with van der Waals surface area (Å²) in [5.74, 6) is -1.88. The van der Waals surface area contributed by atoms with Crippen LogP contribution in [0, 0.1) is 5.95 Å². The average molecular weight is 351 g/mol. The molecule has 0 aliphatic rings. The zero-order chi connectivity index (χ0) is 14.6. The van der Waals surface area contributed by atoms with E-state index in [1.54, 1.807) is 0 Å². The highest BCUT2D eigenvalue weighted by Crippen LogP contribution is 2.27. The molecule has 0 spiro atoms. The Kier molecular flexibility index (Phi) is 5.92. The molecule has 1 heterocycles. The van der Waals surface area contributed by atoms with E-state index in [1.165, 1.54) is 6.92 Å². The van der Waals surface area contributed by atoms with Crippen molar-refractivity contribution in [3.8, 4) is 5.88 Å². The fourth-order valence-electron chi connectivity index (χ4n) is 0.929. The molecule has 4 nitrogen and oxygen atoms in total. The van der Waals surface area contributed by atoms with Gasteiger partial charge in [-0.05, 0) is 13.0 Å². The molecule has 1 rings (SSSR count). The Morgan fingerprint density at radius 3 is 2.58 bits per heavy atom. The second-order valence-corrected chi connectivity index (χ2v) is 5.94. The summed E-state index contributed by atoms with van der Waals surface area (Å²) < 4.78 is 21.1. The molecule has 0 aliphatic heterocycles. The molecule has 0 aromatic carbocycles. The van der Waals surface area contributed by atoms with Crippen LogP contribution in [-0.2, 0) is 9.53 Å². The van der Waals surface area contributed by atoms with Gasteiger partial charge in [-0.1, -0.05) is 46.4 Å². The van der Waals surface area contributed by atoms with E-state index in [-0.39, 0.29) is 29.1 Å². The predicted molar refractivity (Wildman–Crippen MR) is 70.8 cm³/mol. The summed E-state index contributed by atoms with van der Waals surface area (Å²) in [4.78, 5) is 14.6. The van der Waals surface area contributed by atoms with Crippen molar-refractivity contribution in [2.45, 2.75) is 11.3 Å². The highest BCUT2D eigenvalue weighted by atomic mass is 35.5. The Morgan fingerprint density at radius 2 is 2.00 bits per heavy atom. The number of alkyl halides is 2. The van der Waals surface area contributed by atoms with Gasteiger partial charge in [0.15, 0.2) is 0 Å². The first kappa shape index (κ1) is 16.6. The molecule has 0 N–H and O–H groups in total. The molecular weight excluding hydrogens is 343 g/mol. The molecule has 1 aromatic rings. The minimum atomic E-state index is -1.64. The van der Waals surface area contributed by atoms with E-state index < -0.39 is 16.3 Å². The van der Waals surface area contributed by atoms with E-state index in [4.69, 9.17) is 55.9 Å². The van der Waals surface area contributed by atoms with Crippen LogP contribution in [0.5, 0.6) is 5.88 Å². The van der Waals surface area contributed by atoms with Gasteiger partial charge in [0.2, 0.25) is 16.2 Å². The number of hydrogen-bond acceptors (Lipinski definition) is 4. The van der Waals surface area contributed by atoms with E-state index in [9.17, 15) is 9.18 Å². The van der Waals surface area contributed by atoms with Crippen LogP contribution in [0.15, 0.2) is 6.07 Å². The van der Waals surface area contributed by atoms with E-state index in [2.05, 4.69) is 4.98 Å². The average Bonchev–Trinajstić information content (AvgIpc) is 2.29. The van der Waals surface area contributed by atoms with Crippen LogP contribution in [0.2, 0.25) is 10.0 Å². The molecule has 0 saturated carbocycles. The molecule has 0 aliphatic carbocycles. The number of rotatable bonds is 5. The lowest BCUT2D eigenvalue weighted by Gasteiger charge is -2.13. The molecule has 1 aromatic heterocycles. The summed E-state index contributed by atoms with van der Waals surface area (Å²) in [5, 5.41) is -0.180. The normalized spacial score (nSPS) is 11.3. The van der Waals surface area contributed by atoms with Crippen LogP contribution < -0.4 is 4.74 Å². The number of carbonyl (C=O) groups excluding carboxylic acids is 1. The van der Waals surface area contributed by atoms with Gasteiger partial charge in [-0.15, -0.1) is 0 Å². The van der Waals surface area contributed by atoms with Crippen LogP contribution in [-0.4, -0.2) is 28.5 Å². The van der Waals surface area contributed by atoms with Gasteiger partial charge in [0.1, 0.15) is 18.2 Å². The number of halogens is 5. The first-order valence-corrected chi connectivity index (χ1v) is 6.42. The highest BCUT2D eigenvalue weighted by Gasteiger charge is 2.29. The van der Waals surface area contributed by atoms with Gasteiger partial charge in [0.25, 0.3) is 0 Å². The number of ether oxygens (including phenoxy) is 2. The van der Waals surface area contributed by atoms with E-state index in [1.807, 2.05) is 0 Å². The number of aromatic nitrogens is 1. The van der Waals surface area contributed by atoms with E-state index in [0.717, 1.165) is 6.07 Å². The fourth-order valence-corrected chi connectivity index (χ4v) is 1.45. The molecule has 0 unspecified atom stereocenters. The smallest absolute Gasteiger partial charge is 0.342 e. The molecule has 19 heavy (non-hydrogen) atoms. The molecule has 0 amide bonds. The molecule has 0 atom stereocenters. The second-order valence-electron chi connectivity index (χ2n) is 3.42. The summed E-state index contributed by atoms with van der Waals surface area (Å²) >= 11 is 22.2. The number of pyridine rings is 1. The Bertz CT molecular complexity index is 479. The minimum Gasteiger partial charge on any atom is -0.473 e. The van der Waals surface area contributed by atoms with Crippen LogP contribution in [0.4, 0.5) is 4.39 Å². The maximum atomic E-state index is 13.1. The van der Waals surface area contributed by atoms with E-state index in [0.29, 0.717) is 0 Å². The monoisotopic (exact) mass is 349 g/mol. The Balaban J connectivity index is 2.46. The lowest BCUT2D eigenvalue weighted by Crippen LogP contribution is -2.26. The summed E-state index contributed by atoms with van der Waals surface area (Å²) in [5.41, 5.74) is 0. The van der Waals surface area contributed by atoms with Crippen molar-refractivity contribution in [3.05, 3.63) is 22.1 Å². The van der Waals surface area contributed by atoms with Crippen molar-refractivity contribution in [2.24, 2.45) is 0 Å². The van der Waals surface area contributed by atoms with Gasteiger partial charge in [0.05, 0.1) is 5.02 Å². The van der Waals surface area contributed by atoms with Crippen molar-refractivity contribution in [1.29, 1.82) is 0 Å². The Hall–Kier alpha value is -0.490. The van der Waals surface area contributed by atoms with Crippen LogP contribution >= 0.6 is 46.4 Å². The first-order chi connectivity index (χ1) is 8.71. The van der Waals surface area contributed by atoms with Gasteiger partial charge in [-0.3, -0.25) is 0 Å². The quantitative estimate of drug-likeness (QED) is 0.352. The van der Waals surface area contributed by atoms with Crippen molar-refractivity contribution in [2.75, 3.05) is 13.2 Å². The molecule has 9 heteroatoms. The standard InChI is InChI=1S/C10H8Cl4FNO3/c1-10(13,14)9(17)19-3-2-18-8-6(12)4-5(11)7(15)16-8/h4H,2-3H2,1H3. The largest absolute Gasteiger partial charge is 0.473 e. The minimum absolute atomic E-state index is 0.0391. The lowest BCUT2D eigenvalue weighted by atomic mass is 10.4. The summed E-state index contributed by atoms with van der Waals surface area (Å²) in [6, 6.07) is 1.15. The van der Waals surface area contributed by atoms with E-state index >= 15 is 0 Å². The third-order valence-corrected chi connectivity index (χ3v) is 2.61. The Morgan fingerprint density at radius 1 is 1.37 bits per heavy atom. The van der Waals surface area contributed by atoms with Crippen molar-refractivity contribution in [3.63, 3.8) is 0 Å². The van der Waals surface area contributed by atoms with Gasteiger partial charge < -0.3 is 9.47 Å². The van der Waals surface area contributed by atoms with Gasteiger partial charge in [-0.2, -0.15) is 9.37 Å². The maximum Gasteiger partial charge on any atom is 0.342 e. The molecule has 0 radical (unpaired) electrons. The van der Waals surface area contributed by atoms with Crippen molar-refractivity contribution < 1.29 is 18.7 Å². The molecule has 106 valence electrons. The Labute approximate surface area is 128 Å². The maximum absolute atomic E-state index is 13.1. The van der Waals surface area contributed by atoms with Crippen molar-refractivity contribution in [1.82, 2.24) is 4.98 Å². The third kappa shape index (κ3) is 5.18. The summed E-state index contributed by atoms with van der Waals surface area (Å²) in [6.45, 7) is 1.03. The van der Waals surface area contributed by atoms with Crippen LogP contribution in [0.25, 0.3) is 0 Å². The van der Waals surface area contributed by atoms with Gasteiger partial charge >= 0.3 is 5.97 Å². The molecule has 0 bridgehead atoms. The predicted octanol–water partition coefficient (Wildman–Crippen LogP) is 3.64. The molecule has 0 saturated heterocycles. The first-order valence-electron chi connectivity index (χ1n) is 4.91. The third-order valence-electron chi connectivity index (χ3n) is 1.77. The van der Waals surface area contributed by atoms with Gasteiger partial charge in [0, 0.05) is 0 Å².